The van der Waals surface area contributed by atoms with Crippen molar-refractivity contribution in [3.8, 4) is 11.1 Å². The number of hydrogen-bond acceptors (Lipinski definition) is 5. The summed E-state index contributed by atoms with van der Waals surface area (Å²) in [6.07, 6.45) is 6.93. The van der Waals surface area contributed by atoms with Crippen molar-refractivity contribution in [2.75, 3.05) is 13.7 Å². The van der Waals surface area contributed by atoms with Gasteiger partial charge < -0.3 is 14.0 Å². The zero-order valence-electron chi connectivity index (χ0n) is 15.2. The van der Waals surface area contributed by atoms with Crippen LogP contribution >= 0.6 is 0 Å². The molecule has 1 aromatic carbocycles. The van der Waals surface area contributed by atoms with E-state index in [2.05, 4.69) is 4.98 Å². The molecule has 0 radical (unpaired) electrons. The summed E-state index contributed by atoms with van der Waals surface area (Å²) in [5.74, 6) is -0.796. The Morgan fingerprint density at radius 2 is 1.89 bits per heavy atom. The highest BCUT2D eigenvalue weighted by atomic mass is 16.5. The van der Waals surface area contributed by atoms with Gasteiger partial charge in [0.25, 0.3) is 0 Å². The van der Waals surface area contributed by atoms with Gasteiger partial charge in [-0.2, -0.15) is 0 Å². The predicted octanol–water partition coefficient (Wildman–Crippen LogP) is 3.49. The van der Waals surface area contributed by atoms with E-state index >= 15 is 0 Å². The van der Waals surface area contributed by atoms with Gasteiger partial charge in [-0.05, 0) is 11.6 Å². The molecule has 0 saturated carbocycles. The second-order valence-electron chi connectivity index (χ2n) is 6.00. The van der Waals surface area contributed by atoms with Gasteiger partial charge in [0, 0.05) is 42.8 Å². The lowest BCUT2D eigenvalue weighted by Gasteiger charge is -2.19. The molecule has 0 aliphatic rings. The van der Waals surface area contributed by atoms with Gasteiger partial charge in [0.2, 0.25) is 0 Å². The predicted molar refractivity (Wildman–Crippen MR) is 100 cm³/mol. The van der Waals surface area contributed by atoms with Crippen LogP contribution in [0, 0.1) is 0 Å². The van der Waals surface area contributed by atoms with Crippen LogP contribution in [0.5, 0.6) is 0 Å². The molecule has 0 N–H and O–H groups in total. The first-order chi connectivity index (χ1) is 13.1. The number of rotatable bonds is 6. The van der Waals surface area contributed by atoms with Crippen LogP contribution in [-0.2, 0) is 14.3 Å². The van der Waals surface area contributed by atoms with Crippen LogP contribution in [0.25, 0.3) is 11.1 Å². The number of ether oxygens (including phenoxy) is 2. The molecule has 138 valence electrons. The number of pyridine rings is 1. The molecule has 0 bridgehead atoms. The Labute approximate surface area is 157 Å². The first kappa shape index (κ1) is 18.4. The molecule has 0 amide bonds. The molecule has 1 atom stereocenters. The van der Waals surface area contributed by atoms with E-state index in [4.69, 9.17) is 9.47 Å². The van der Waals surface area contributed by atoms with Crippen molar-refractivity contribution in [2.24, 2.45) is 0 Å². The lowest BCUT2D eigenvalue weighted by molar-refractivity contribution is -0.141. The number of carbonyl (C=O) groups excluding carboxylic acids is 2. The summed E-state index contributed by atoms with van der Waals surface area (Å²) in [6, 6.07) is 13.1. The van der Waals surface area contributed by atoms with Crippen molar-refractivity contribution in [1.29, 1.82) is 0 Å². The van der Waals surface area contributed by atoms with Crippen molar-refractivity contribution in [2.45, 2.75) is 13.0 Å². The van der Waals surface area contributed by atoms with Crippen LogP contribution in [0.4, 0.5) is 0 Å². The molecule has 0 fully saturated rings. The fourth-order valence-corrected chi connectivity index (χ4v) is 2.91. The van der Waals surface area contributed by atoms with Gasteiger partial charge in [-0.1, -0.05) is 36.4 Å². The number of benzene rings is 1. The highest BCUT2D eigenvalue weighted by Gasteiger charge is 2.22. The van der Waals surface area contributed by atoms with Gasteiger partial charge in [-0.15, -0.1) is 0 Å². The van der Waals surface area contributed by atoms with Crippen molar-refractivity contribution < 1.29 is 19.1 Å². The second kappa shape index (κ2) is 8.31. The van der Waals surface area contributed by atoms with Gasteiger partial charge in [-0.25, -0.2) is 4.79 Å². The summed E-state index contributed by atoms with van der Waals surface area (Å²) in [7, 11) is 1.35. The molecule has 2 heterocycles. The first-order valence-electron chi connectivity index (χ1n) is 8.48. The number of aromatic nitrogens is 2. The third kappa shape index (κ3) is 4.23. The van der Waals surface area contributed by atoms with E-state index in [1.165, 1.54) is 14.0 Å². The Bertz CT molecular complexity index is 920. The molecule has 0 aliphatic carbocycles. The Balaban J connectivity index is 2.08. The van der Waals surface area contributed by atoms with Crippen LogP contribution in [-0.4, -0.2) is 35.2 Å². The normalized spacial score (nSPS) is 11.6. The number of hydrogen-bond donors (Lipinski definition) is 0. The highest BCUT2D eigenvalue weighted by molar-refractivity contribution is 5.97. The van der Waals surface area contributed by atoms with E-state index in [0.29, 0.717) is 11.1 Å². The Morgan fingerprint density at radius 1 is 1.11 bits per heavy atom. The van der Waals surface area contributed by atoms with Crippen LogP contribution in [0.1, 0.15) is 28.9 Å². The van der Waals surface area contributed by atoms with Gasteiger partial charge in [0.15, 0.2) is 0 Å². The molecule has 0 spiro atoms. The molecule has 3 rings (SSSR count). The smallest absolute Gasteiger partial charge is 0.340 e. The maximum Gasteiger partial charge on any atom is 0.340 e. The molecule has 6 heteroatoms. The fourth-order valence-electron chi connectivity index (χ4n) is 2.91. The zero-order chi connectivity index (χ0) is 19.2. The standard InChI is InChI=1S/C21H20N2O4/c1-15(24)27-14-20(16-7-4-3-5-8-16)23-12-18(17-9-6-10-22-11-17)19(13-23)21(25)26-2/h3-13,20H,14H2,1-2H3. The van der Waals surface area contributed by atoms with Gasteiger partial charge in [0.05, 0.1) is 18.7 Å². The van der Waals surface area contributed by atoms with Crippen molar-refractivity contribution in [3.05, 3.63) is 78.4 Å². The largest absolute Gasteiger partial charge is 0.465 e. The molecular formula is C21H20N2O4. The number of esters is 2. The maximum absolute atomic E-state index is 12.3. The summed E-state index contributed by atoms with van der Waals surface area (Å²) < 4.78 is 12.1. The molecule has 1 unspecified atom stereocenters. The average Bonchev–Trinajstić information content (AvgIpc) is 3.14. The second-order valence-corrected chi connectivity index (χ2v) is 6.00. The van der Waals surface area contributed by atoms with Crippen LogP contribution in [0.2, 0.25) is 0 Å². The minimum absolute atomic E-state index is 0.154. The van der Waals surface area contributed by atoms with Gasteiger partial charge in [-0.3, -0.25) is 9.78 Å². The van der Waals surface area contributed by atoms with E-state index < -0.39 is 5.97 Å². The zero-order valence-corrected chi connectivity index (χ0v) is 15.2. The van der Waals surface area contributed by atoms with Crippen molar-refractivity contribution >= 4 is 11.9 Å². The van der Waals surface area contributed by atoms with E-state index in [1.54, 1.807) is 24.7 Å². The quantitative estimate of drug-likeness (QED) is 0.626. The number of methoxy groups -OCH3 is 1. The van der Waals surface area contributed by atoms with Crippen LogP contribution in [0.3, 0.4) is 0 Å². The SMILES string of the molecule is COC(=O)c1cn(C(COC(C)=O)c2ccccc2)cc1-c1cccnc1. The molecule has 2 aromatic heterocycles. The van der Waals surface area contributed by atoms with E-state index in [0.717, 1.165) is 11.1 Å². The topological polar surface area (TPSA) is 70.4 Å². The van der Waals surface area contributed by atoms with Crippen LogP contribution in [0.15, 0.2) is 67.3 Å². The van der Waals surface area contributed by atoms with Gasteiger partial charge >= 0.3 is 11.9 Å². The Hall–Kier alpha value is -3.41. The maximum atomic E-state index is 12.3. The van der Waals surface area contributed by atoms with Crippen molar-refractivity contribution in [1.82, 2.24) is 9.55 Å². The molecular weight excluding hydrogens is 344 g/mol. The molecule has 6 nitrogen and oxygen atoms in total. The molecule has 0 aliphatic heterocycles. The molecule has 3 aromatic rings. The lowest BCUT2D eigenvalue weighted by atomic mass is 10.1. The van der Waals surface area contributed by atoms with E-state index in [9.17, 15) is 9.59 Å². The van der Waals surface area contributed by atoms with E-state index in [1.807, 2.05) is 47.2 Å². The van der Waals surface area contributed by atoms with Crippen molar-refractivity contribution in [3.63, 3.8) is 0 Å². The highest BCUT2D eigenvalue weighted by Crippen LogP contribution is 2.29. The Kier molecular flexibility index (Phi) is 5.66. The van der Waals surface area contributed by atoms with Crippen LogP contribution < -0.4 is 0 Å². The molecule has 27 heavy (non-hydrogen) atoms. The average molecular weight is 364 g/mol. The summed E-state index contributed by atoms with van der Waals surface area (Å²) in [4.78, 5) is 27.8. The first-order valence-corrected chi connectivity index (χ1v) is 8.48. The summed E-state index contributed by atoms with van der Waals surface area (Å²) >= 11 is 0. The molecule has 0 saturated heterocycles. The summed E-state index contributed by atoms with van der Waals surface area (Å²) in [6.45, 7) is 1.53. The third-order valence-corrected chi connectivity index (χ3v) is 4.21. The minimum atomic E-state index is -0.438. The van der Waals surface area contributed by atoms with E-state index in [-0.39, 0.29) is 18.6 Å². The third-order valence-electron chi connectivity index (χ3n) is 4.21. The monoisotopic (exact) mass is 364 g/mol. The summed E-state index contributed by atoms with van der Waals surface area (Å²) in [5.41, 5.74) is 2.90. The lowest BCUT2D eigenvalue weighted by Crippen LogP contribution is -2.17. The fraction of sp³-hybridized carbons (Fsp3) is 0.190. The Morgan fingerprint density at radius 3 is 2.52 bits per heavy atom. The summed E-state index contributed by atoms with van der Waals surface area (Å²) in [5, 5.41) is 0. The number of carbonyl (C=O) groups is 2. The van der Waals surface area contributed by atoms with Gasteiger partial charge in [0.1, 0.15) is 6.61 Å². The minimum Gasteiger partial charge on any atom is -0.465 e. The number of nitrogens with zero attached hydrogens (tertiary/aromatic N) is 2.